The molecule has 1 atom stereocenters. The van der Waals surface area contributed by atoms with Crippen LogP contribution in [0.15, 0.2) is 0 Å². The summed E-state index contributed by atoms with van der Waals surface area (Å²) in [6.45, 7) is 5.30. The van der Waals surface area contributed by atoms with Crippen molar-refractivity contribution in [3.63, 3.8) is 0 Å². The molecule has 4 heterocycles. The van der Waals surface area contributed by atoms with Crippen LogP contribution in [-0.4, -0.2) is 46.3 Å². The number of nitrogens with zero attached hydrogens (tertiary/aromatic N) is 3. The molecule has 3 N–H and O–H groups in total. The zero-order valence-corrected chi connectivity index (χ0v) is 12.2. The number of nitrogens with two attached hydrogens (primary N) is 1. The molecule has 3 aliphatic heterocycles. The normalized spacial score (nSPS) is 28.6. The first-order valence-electron chi connectivity index (χ1n) is 7.44. The number of nitrogens with one attached hydrogen (secondary N) is 1. The van der Waals surface area contributed by atoms with Gasteiger partial charge in [-0.2, -0.15) is 5.10 Å². The van der Waals surface area contributed by atoms with Gasteiger partial charge in [-0.25, -0.2) is 0 Å². The zero-order valence-electron chi connectivity index (χ0n) is 12.2. The average molecular weight is 277 g/mol. The second-order valence-corrected chi connectivity index (χ2v) is 5.90. The number of aromatic nitrogens is 2. The standard InChI is InChI=1S/C14H23N5O/c1-3-10-12(15)13(18(2)17-10)14(20)16-11-8-19-6-4-9(11)5-7-19/h9,11H,3-8,15H2,1-2H3,(H,16,20). The van der Waals surface area contributed by atoms with Gasteiger partial charge in [-0.15, -0.1) is 0 Å². The minimum Gasteiger partial charge on any atom is -0.395 e. The number of carbonyl (C=O) groups is 1. The van der Waals surface area contributed by atoms with Crippen LogP contribution in [0.1, 0.15) is 35.9 Å². The molecule has 110 valence electrons. The van der Waals surface area contributed by atoms with Gasteiger partial charge in [0.1, 0.15) is 5.69 Å². The zero-order chi connectivity index (χ0) is 14.3. The Labute approximate surface area is 119 Å². The quantitative estimate of drug-likeness (QED) is 0.838. The predicted molar refractivity (Wildman–Crippen MR) is 77.4 cm³/mol. The molecule has 0 spiro atoms. The maximum atomic E-state index is 12.5. The Bertz CT molecular complexity index is 516. The van der Waals surface area contributed by atoms with Crippen molar-refractivity contribution < 1.29 is 4.79 Å². The van der Waals surface area contributed by atoms with Gasteiger partial charge in [-0.3, -0.25) is 9.48 Å². The molecular weight excluding hydrogens is 254 g/mol. The molecule has 0 aliphatic carbocycles. The van der Waals surface area contributed by atoms with Gasteiger partial charge in [0.15, 0.2) is 0 Å². The third-order valence-electron chi connectivity index (χ3n) is 4.68. The van der Waals surface area contributed by atoms with Crippen molar-refractivity contribution in [1.29, 1.82) is 0 Å². The second kappa shape index (κ2) is 5.09. The summed E-state index contributed by atoms with van der Waals surface area (Å²) < 4.78 is 1.60. The largest absolute Gasteiger partial charge is 0.395 e. The van der Waals surface area contributed by atoms with Crippen LogP contribution in [0, 0.1) is 5.92 Å². The SMILES string of the molecule is CCc1nn(C)c(C(=O)NC2CN3CCC2CC3)c1N. The van der Waals surface area contributed by atoms with E-state index < -0.39 is 0 Å². The van der Waals surface area contributed by atoms with E-state index in [0.717, 1.165) is 18.7 Å². The Morgan fingerprint density at radius 3 is 2.65 bits per heavy atom. The molecule has 0 aromatic carbocycles. The van der Waals surface area contributed by atoms with E-state index in [2.05, 4.69) is 15.3 Å². The molecule has 1 aromatic heterocycles. The van der Waals surface area contributed by atoms with Crippen molar-refractivity contribution in [2.45, 2.75) is 32.2 Å². The lowest BCUT2D eigenvalue weighted by Crippen LogP contribution is -2.57. The topological polar surface area (TPSA) is 76.2 Å². The van der Waals surface area contributed by atoms with Crippen LogP contribution < -0.4 is 11.1 Å². The van der Waals surface area contributed by atoms with Gasteiger partial charge in [0.25, 0.3) is 5.91 Å². The van der Waals surface area contributed by atoms with Crippen LogP contribution in [0.4, 0.5) is 5.69 Å². The number of fused-ring (bicyclic) bond motifs is 3. The number of aryl methyl sites for hydroxylation is 2. The highest BCUT2D eigenvalue weighted by atomic mass is 16.2. The third kappa shape index (κ3) is 2.18. The molecule has 3 saturated heterocycles. The van der Waals surface area contributed by atoms with Crippen molar-refractivity contribution in [3.8, 4) is 0 Å². The highest BCUT2D eigenvalue weighted by Crippen LogP contribution is 2.28. The van der Waals surface area contributed by atoms with E-state index in [1.807, 2.05) is 6.92 Å². The molecule has 1 aromatic rings. The number of hydrogen-bond donors (Lipinski definition) is 2. The van der Waals surface area contributed by atoms with E-state index in [-0.39, 0.29) is 11.9 Å². The van der Waals surface area contributed by atoms with E-state index >= 15 is 0 Å². The number of anilines is 1. The van der Waals surface area contributed by atoms with E-state index in [1.165, 1.54) is 25.9 Å². The van der Waals surface area contributed by atoms with Crippen LogP contribution >= 0.6 is 0 Å². The fourth-order valence-corrected chi connectivity index (χ4v) is 3.49. The first-order valence-corrected chi connectivity index (χ1v) is 7.44. The fraction of sp³-hybridized carbons (Fsp3) is 0.714. The van der Waals surface area contributed by atoms with Crippen molar-refractivity contribution in [3.05, 3.63) is 11.4 Å². The Morgan fingerprint density at radius 2 is 2.15 bits per heavy atom. The van der Waals surface area contributed by atoms with Gasteiger partial charge < -0.3 is 16.0 Å². The number of hydrogen-bond acceptors (Lipinski definition) is 4. The highest BCUT2D eigenvalue weighted by molar-refractivity contribution is 5.98. The molecule has 4 rings (SSSR count). The van der Waals surface area contributed by atoms with Crippen molar-refractivity contribution in [1.82, 2.24) is 20.0 Å². The molecular formula is C14H23N5O. The molecule has 0 radical (unpaired) electrons. The Balaban J connectivity index is 1.75. The molecule has 3 fully saturated rings. The molecule has 2 bridgehead atoms. The van der Waals surface area contributed by atoms with Crippen LogP contribution in [0.25, 0.3) is 0 Å². The minimum absolute atomic E-state index is 0.0871. The van der Waals surface area contributed by atoms with Crippen LogP contribution in [0.5, 0.6) is 0 Å². The lowest BCUT2D eigenvalue weighted by molar-refractivity contribution is 0.0616. The predicted octanol–water partition coefficient (Wildman–Crippen LogP) is 0.389. The summed E-state index contributed by atoms with van der Waals surface area (Å²) in [5.41, 5.74) is 7.86. The van der Waals surface area contributed by atoms with Gasteiger partial charge >= 0.3 is 0 Å². The first kappa shape index (κ1) is 13.4. The second-order valence-electron chi connectivity index (χ2n) is 5.90. The summed E-state index contributed by atoms with van der Waals surface area (Å²) in [6.07, 6.45) is 3.12. The summed E-state index contributed by atoms with van der Waals surface area (Å²) in [6, 6.07) is 0.254. The summed E-state index contributed by atoms with van der Waals surface area (Å²) in [7, 11) is 1.78. The molecule has 0 saturated carbocycles. The first-order chi connectivity index (χ1) is 9.60. The molecule has 6 nitrogen and oxygen atoms in total. The highest BCUT2D eigenvalue weighted by Gasteiger charge is 2.35. The Hall–Kier alpha value is -1.56. The minimum atomic E-state index is -0.0871. The summed E-state index contributed by atoms with van der Waals surface area (Å²) in [5, 5.41) is 7.48. The van der Waals surface area contributed by atoms with Gasteiger partial charge in [0.2, 0.25) is 0 Å². The van der Waals surface area contributed by atoms with Crippen LogP contribution in [-0.2, 0) is 13.5 Å². The summed E-state index contributed by atoms with van der Waals surface area (Å²) in [4.78, 5) is 14.9. The molecule has 1 amide bonds. The van der Waals surface area contributed by atoms with Crippen molar-refractivity contribution >= 4 is 11.6 Å². The van der Waals surface area contributed by atoms with Gasteiger partial charge in [0.05, 0.1) is 11.4 Å². The van der Waals surface area contributed by atoms with Gasteiger partial charge in [0, 0.05) is 19.6 Å². The lowest BCUT2D eigenvalue weighted by atomic mass is 9.84. The molecule has 1 unspecified atom stereocenters. The monoisotopic (exact) mass is 277 g/mol. The van der Waals surface area contributed by atoms with E-state index in [9.17, 15) is 4.79 Å². The number of nitrogen functional groups attached to an aromatic ring is 1. The molecule has 6 heteroatoms. The number of piperidine rings is 3. The van der Waals surface area contributed by atoms with Crippen molar-refractivity contribution in [2.24, 2.45) is 13.0 Å². The van der Waals surface area contributed by atoms with Crippen molar-refractivity contribution in [2.75, 3.05) is 25.4 Å². The summed E-state index contributed by atoms with van der Waals surface area (Å²) in [5.74, 6) is 0.528. The third-order valence-corrected chi connectivity index (χ3v) is 4.68. The van der Waals surface area contributed by atoms with Gasteiger partial charge in [-0.05, 0) is 38.3 Å². The number of amides is 1. The maximum Gasteiger partial charge on any atom is 0.271 e. The van der Waals surface area contributed by atoms with E-state index in [1.54, 1.807) is 11.7 Å². The smallest absolute Gasteiger partial charge is 0.271 e. The lowest BCUT2D eigenvalue weighted by Gasteiger charge is -2.44. The average Bonchev–Trinajstić information content (AvgIpc) is 2.74. The van der Waals surface area contributed by atoms with Crippen LogP contribution in [0.3, 0.4) is 0 Å². The Morgan fingerprint density at radius 1 is 1.45 bits per heavy atom. The fourth-order valence-electron chi connectivity index (χ4n) is 3.49. The van der Waals surface area contributed by atoms with E-state index in [4.69, 9.17) is 5.73 Å². The molecule has 20 heavy (non-hydrogen) atoms. The van der Waals surface area contributed by atoms with Gasteiger partial charge in [-0.1, -0.05) is 6.92 Å². The number of carbonyl (C=O) groups excluding carboxylic acids is 1. The summed E-state index contributed by atoms with van der Waals surface area (Å²) >= 11 is 0. The molecule has 3 aliphatic rings. The van der Waals surface area contributed by atoms with Crippen LogP contribution in [0.2, 0.25) is 0 Å². The maximum absolute atomic E-state index is 12.5. The van der Waals surface area contributed by atoms with E-state index in [0.29, 0.717) is 17.3 Å². The Kier molecular flexibility index (Phi) is 3.41. The number of rotatable bonds is 3.